The highest BCUT2D eigenvalue weighted by molar-refractivity contribution is 6.34. The molecule has 78 valence electrons. The number of carbonyl (C=O) groups is 1. The van der Waals surface area contributed by atoms with Crippen LogP contribution in [0, 0.1) is 0 Å². The Morgan fingerprint density at radius 3 is 2.80 bits per heavy atom. The summed E-state index contributed by atoms with van der Waals surface area (Å²) in [5.74, 6) is 0. The highest BCUT2D eigenvalue weighted by atomic mass is 35.5. The molecular weight excluding hydrogens is 214 g/mol. The summed E-state index contributed by atoms with van der Waals surface area (Å²) >= 11 is 6.04. The predicted octanol–water partition coefficient (Wildman–Crippen LogP) is 1.75. The van der Waals surface area contributed by atoms with Crippen LogP contribution in [0.1, 0.15) is 12.5 Å². The number of rotatable bonds is 1. The van der Waals surface area contributed by atoms with E-state index in [1.807, 2.05) is 25.1 Å². The number of carbonyl (C=O) groups excluding carboxylic acids is 1. The molecule has 2 amide bonds. The van der Waals surface area contributed by atoms with Crippen LogP contribution in [0.3, 0.4) is 0 Å². The number of benzene rings is 1. The number of hydrogen-bond acceptors (Lipinski definition) is 2. The minimum atomic E-state index is -0.293. The Bertz CT molecular complexity index is 430. The van der Waals surface area contributed by atoms with Crippen LogP contribution in [-0.2, 0) is 0 Å². The summed E-state index contributed by atoms with van der Waals surface area (Å²) in [6.45, 7) is 1.86. The molecule has 1 aromatic rings. The van der Waals surface area contributed by atoms with Crippen molar-refractivity contribution < 1.29 is 4.79 Å². The van der Waals surface area contributed by atoms with E-state index in [9.17, 15) is 4.79 Å². The molecule has 1 aliphatic rings. The zero-order valence-electron chi connectivity index (χ0n) is 8.12. The molecule has 0 bridgehead atoms. The maximum Gasteiger partial charge on any atom is 0.335 e. The molecule has 4 nitrogen and oxygen atoms in total. The van der Waals surface area contributed by atoms with Gasteiger partial charge >= 0.3 is 6.03 Å². The smallest absolute Gasteiger partial charge is 0.328 e. The van der Waals surface area contributed by atoms with Crippen LogP contribution in [0.4, 0.5) is 4.79 Å². The Balaban J connectivity index is 2.39. The van der Waals surface area contributed by atoms with Crippen LogP contribution < -0.4 is 10.7 Å². The SMILES string of the molecule is CC1NC(=O)NN=C1c1ccccc1Cl. The van der Waals surface area contributed by atoms with Crippen molar-refractivity contribution in [3.05, 3.63) is 34.9 Å². The van der Waals surface area contributed by atoms with Gasteiger partial charge in [-0.3, -0.25) is 0 Å². The molecule has 2 N–H and O–H groups in total. The Labute approximate surface area is 92.3 Å². The number of halogens is 1. The van der Waals surface area contributed by atoms with Crippen LogP contribution in [-0.4, -0.2) is 17.8 Å². The van der Waals surface area contributed by atoms with E-state index in [1.54, 1.807) is 6.07 Å². The molecule has 0 aromatic heterocycles. The van der Waals surface area contributed by atoms with Gasteiger partial charge in [-0.1, -0.05) is 29.8 Å². The van der Waals surface area contributed by atoms with Gasteiger partial charge in [0.2, 0.25) is 0 Å². The Kier molecular flexibility index (Phi) is 2.60. The van der Waals surface area contributed by atoms with Gasteiger partial charge in [0.15, 0.2) is 0 Å². The first-order chi connectivity index (χ1) is 7.18. The van der Waals surface area contributed by atoms with Gasteiger partial charge in [-0.25, -0.2) is 10.2 Å². The number of nitrogens with zero attached hydrogens (tertiary/aromatic N) is 1. The molecule has 1 atom stereocenters. The number of urea groups is 1. The second-order valence-corrected chi connectivity index (χ2v) is 3.69. The van der Waals surface area contributed by atoms with Crippen molar-refractivity contribution in [3.63, 3.8) is 0 Å². The zero-order chi connectivity index (χ0) is 10.8. The normalized spacial score (nSPS) is 20.3. The summed E-state index contributed by atoms with van der Waals surface area (Å²) in [6.07, 6.45) is 0. The van der Waals surface area contributed by atoms with Crippen LogP contribution in [0.5, 0.6) is 0 Å². The molecule has 1 aromatic carbocycles. The second-order valence-electron chi connectivity index (χ2n) is 3.28. The van der Waals surface area contributed by atoms with Crippen molar-refractivity contribution in [1.82, 2.24) is 10.7 Å². The average molecular weight is 224 g/mol. The van der Waals surface area contributed by atoms with E-state index in [2.05, 4.69) is 15.8 Å². The van der Waals surface area contributed by atoms with E-state index in [0.717, 1.165) is 11.3 Å². The van der Waals surface area contributed by atoms with Crippen molar-refractivity contribution in [1.29, 1.82) is 0 Å². The predicted molar refractivity (Wildman–Crippen MR) is 59.1 cm³/mol. The zero-order valence-corrected chi connectivity index (χ0v) is 8.88. The average Bonchev–Trinajstić information content (AvgIpc) is 2.20. The van der Waals surface area contributed by atoms with Crippen molar-refractivity contribution in [3.8, 4) is 0 Å². The highest BCUT2D eigenvalue weighted by Gasteiger charge is 2.21. The first kappa shape index (κ1) is 9.98. The quantitative estimate of drug-likeness (QED) is 0.749. The van der Waals surface area contributed by atoms with Gasteiger partial charge in [0.25, 0.3) is 0 Å². The van der Waals surface area contributed by atoms with Crippen molar-refractivity contribution in [2.45, 2.75) is 13.0 Å². The van der Waals surface area contributed by atoms with E-state index in [4.69, 9.17) is 11.6 Å². The van der Waals surface area contributed by atoms with Gasteiger partial charge in [0, 0.05) is 10.6 Å². The Hall–Kier alpha value is -1.55. The van der Waals surface area contributed by atoms with Crippen LogP contribution in [0.2, 0.25) is 5.02 Å². The van der Waals surface area contributed by atoms with Crippen molar-refractivity contribution >= 4 is 23.3 Å². The molecule has 0 fully saturated rings. The van der Waals surface area contributed by atoms with Gasteiger partial charge in [0.1, 0.15) is 0 Å². The summed E-state index contributed by atoms with van der Waals surface area (Å²) in [4.78, 5) is 11.0. The third-order valence-corrected chi connectivity index (χ3v) is 2.52. The summed E-state index contributed by atoms with van der Waals surface area (Å²) in [5, 5.41) is 7.33. The second kappa shape index (κ2) is 3.90. The lowest BCUT2D eigenvalue weighted by Gasteiger charge is -2.21. The molecule has 1 heterocycles. The van der Waals surface area contributed by atoms with Crippen LogP contribution >= 0.6 is 11.6 Å². The summed E-state index contributed by atoms with van der Waals surface area (Å²) in [6, 6.07) is 6.97. The number of nitrogens with one attached hydrogen (secondary N) is 2. The molecule has 2 rings (SSSR count). The largest absolute Gasteiger partial charge is 0.335 e. The molecule has 5 heteroatoms. The first-order valence-electron chi connectivity index (χ1n) is 4.57. The van der Waals surface area contributed by atoms with Gasteiger partial charge in [0.05, 0.1) is 11.8 Å². The Morgan fingerprint density at radius 2 is 2.13 bits per heavy atom. The molecule has 0 saturated carbocycles. The van der Waals surface area contributed by atoms with Gasteiger partial charge in [-0.15, -0.1) is 0 Å². The third-order valence-electron chi connectivity index (χ3n) is 2.19. The van der Waals surface area contributed by atoms with Gasteiger partial charge in [-0.05, 0) is 13.0 Å². The standard InChI is InChI=1S/C10H10ClN3O/c1-6-9(13-14-10(15)12-6)7-4-2-3-5-8(7)11/h2-6H,1H3,(H2,12,14,15). The summed E-state index contributed by atoms with van der Waals surface area (Å²) in [5.41, 5.74) is 3.94. The fraction of sp³-hybridized carbons (Fsp3) is 0.200. The third kappa shape index (κ3) is 1.94. The van der Waals surface area contributed by atoms with Crippen LogP contribution in [0.15, 0.2) is 29.4 Å². The van der Waals surface area contributed by atoms with Gasteiger partial charge in [-0.2, -0.15) is 5.10 Å². The topological polar surface area (TPSA) is 53.5 Å². The fourth-order valence-corrected chi connectivity index (χ4v) is 1.70. The van der Waals surface area contributed by atoms with E-state index < -0.39 is 0 Å². The molecule has 1 unspecified atom stereocenters. The first-order valence-corrected chi connectivity index (χ1v) is 4.95. The molecule has 0 radical (unpaired) electrons. The molecule has 0 spiro atoms. The number of hydrazone groups is 1. The minimum Gasteiger partial charge on any atom is -0.328 e. The lowest BCUT2D eigenvalue weighted by Crippen LogP contribution is -2.48. The molecule has 0 aliphatic carbocycles. The van der Waals surface area contributed by atoms with E-state index >= 15 is 0 Å². The molecule has 15 heavy (non-hydrogen) atoms. The molecule has 1 aliphatic heterocycles. The van der Waals surface area contributed by atoms with Gasteiger partial charge < -0.3 is 5.32 Å². The van der Waals surface area contributed by atoms with E-state index in [0.29, 0.717) is 5.02 Å². The number of amides is 2. The van der Waals surface area contributed by atoms with Crippen molar-refractivity contribution in [2.75, 3.05) is 0 Å². The maximum atomic E-state index is 11.0. The van der Waals surface area contributed by atoms with Crippen molar-refractivity contribution in [2.24, 2.45) is 5.10 Å². The maximum absolute atomic E-state index is 11.0. The van der Waals surface area contributed by atoms with Crippen LogP contribution in [0.25, 0.3) is 0 Å². The lowest BCUT2D eigenvalue weighted by atomic mass is 10.0. The molecule has 0 saturated heterocycles. The fourth-order valence-electron chi connectivity index (χ4n) is 1.47. The minimum absolute atomic E-state index is 0.140. The lowest BCUT2D eigenvalue weighted by molar-refractivity contribution is 0.239. The Morgan fingerprint density at radius 1 is 1.40 bits per heavy atom. The molecular formula is C10H10ClN3O. The van der Waals surface area contributed by atoms with E-state index in [-0.39, 0.29) is 12.1 Å². The summed E-state index contributed by atoms with van der Waals surface area (Å²) < 4.78 is 0. The number of hydrogen-bond donors (Lipinski definition) is 2. The van der Waals surface area contributed by atoms with E-state index in [1.165, 1.54) is 0 Å². The monoisotopic (exact) mass is 223 g/mol. The summed E-state index contributed by atoms with van der Waals surface area (Å²) in [7, 11) is 0. The highest BCUT2D eigenvalue weighted by Crippen LogP contribution is 2.18.